The molecule has 0 aliphatic carbocycles. The largest absolute Gasteiger partial charge is 0.490 e. The predicted molar refractivity (Wildman–Crippen MR) is 113 cm³/mol. The number of carbonyl (C=O) groups is 1. The van der Waals surface area contributed by atoms with Crippen LogP contribution in [0.5, 0.6) is 11.5 Å². The van der Waals surface area contributed by atoms with E-state index in [0.717, 1.165) is 23.3 Å². The summed E-state index contributed by atoms with van der Waals surface area (Å²) in [6, 6.07) is 13.0. The molecule has 0 bridgehead atoms. The lowest BCUT2D eigenvalue weighted by atomic mass is 10.1. The van der Waals surface area contributed by atoms with Crippen molar-refractivity contribution >= 4 is 12.1 Å². The molecule has 0 atom stereocenters. The van der Waals surface area contributed by atoms with Gasteiger partial charge in [0.2, 0.25) is 0 Å². The maximum atomic E-state index is 12.1. The molecule has 1 N–H and O–H groups in total. The van der Waals surface area contributed by atoms with Gasteiger partial charge in [-0.15, -0.1) is 0 Å². The van der Waals surface area contributed by atoms with Crippen LogP contribution < -0.4 is 14.9 Å². The van der Waals surface area contributed by atoms with E-state index in [9.17, 15) is 4.79 Å². The third-order valence-corrected chi connectivity index (χ3v) is 4.22. The summed E-state index contributed by atoms with van der Waals surface area (Å²) in [7, 11) is 0. The molecular weight excluding hydrogens is 352 g/mol. The zero-order valence-corrected chi connectivity index (χ0v) is 17.0. The third-order valence-electron chi connectivity index (χ3n) is 4.22. The highest BCUT2D eigenvalue weighted by molar-refractivity contribution is 5.94. The number of amides is 1. The highest BCUT2D eigenvalue weighted by atomic mass is 16.5. The van der Waals surface area contributed by atoms with Crippen LogP contribution in [0.1, 0.15) is 61.0 Å². The van der Waals surface area contributed by atoms with Gasteiger partial charge in [0.15, 0.2) is 11.5 Å². The summed E-state index contributed by atoms with van der Waals surface area (Å²) in [5, 5.41) is 4.05. The zero-order chi connectivity index (χ0) is 20.2. The summed E-state index contributed by atoms with van der Waals surface area (Å²) in [4.78, 5) is 12.1. The van der Waals surface area contributed by atoms with Crippen molar-refractivity contribution in [2.45, 2.75) is 46.5 Å². The summed E-state index contributed by atoms with van der Waals surface area (Å²) in [6.45, 7) is 7.34. The molecule has 2 rings (SSSR count). The van der Waals surface area contributed by atoms with Crippen molar-refractivity contribution in [3.05, 3.63) is 59.2 Å². The van der Waals surface area contributed by atoms with Crippen molar-refractivity contribution in [2.75, 3.05) is 13.2 Å². The molecule has 5 heteroatoms. The maximum absolute atomic E-state index is 12.1. The Morgan fingerprint density at radius 1 is 1.00 bits per heavy atom. The zero-order valence-electron chi connectivity index (χ0n) is 17.0. The van der Waals surface area contributed by atoms with Gasteiger partial charge in [0.1, 0.15) is 0 Å². The quantitative estimate of drug-likeness (QED) is 0.333. The molecule has 1 amide bonds. The van der Waals surface area contributed by atoms with E-state index in [-0.39, 0.29) is 5.91 Å². The Kier molecular flexibility index (Phi) is 9.05. The van der Waals surface area contributed by atoms with E-state index in [1.807, 2.05) is 44.2 Å². The third kappa shape index (κ3) is 7.06. The molecule has 0 aromatic heterocycles. The molecule has 0 unspecified atom stereocenters. The molecule has 0 fully saturated rings. The molecule has 5 nitrogen and oxygen atoms in total. The normalized spacial score (nSPS) is 10.8. The van der Waals surface area contributed by atoms with Gasteiger partial charge in [-0.25, -0.2) is 5.43 Å². The van der Waals surface area contributed by atoms with Gasteiger partial charge in [-0.05, 0) is 56.2 Å². The number of rotatable bonds is 11. The van der Waals surface area contributed by atoms with Crippen LogP contribution in [-0.4, -0.2) is 25.3 Å². The fourth-order valence-electron chi connectivity index (χ4n) is 2.64. The first kappa shape index (κ1) is 21.5. The number of unbranched alkanes of at least 4 members (excludes halogenated alkanes) is 3. The number of benzene rings is 2. The number of hydrogen-bond acceptors (Lipinski definition) is 4. The van der Waals surface area contributed by atoms with Crippen LogP contribution in [0.3, 0.4) is 0 Å². The fourth-order valence-corrected chi connectivity index (χ4v) is 2.64. The van der Waals surface area contributed by atoms with Crippen LogP contribution in [0.15, 0.2) is 47.6 Å². The first-order chi connectivity index (χ1) is 13.6. The Hall–Kier alpha value is -2.82. The van der Waals surface area contributed by atoms with Crippen molar-refractivity contribution in [1.82, 2.24) is 5.43 Å². The number of aryl methyl sites for hydroxylation is 1. The van der Waals surface area contributed by atoms with E-state index in [4.69, 9.17) is 9.47 Å². The summed E-state index contributed by atoms with van der Waals surface area (Å²) in [5.41, 5.74) is 5.05. The van der Waals surface area contributed by atoms with Crippen molar-refractivity contribution in [2.24, 2.45) is 5.10 Å². The van der Waals surface area contributed by atoms with Crippen LogP contribution in [0.2, 0.25) is 0 Å². The minimum absolute atomic E-state index is 0.242. The van der Waals surface area contributed by atoms with Crippen molar-refractivity contribution in [3.63, 3.8) is 0 Å². The van der Waals surface area contributed by atoms with Crippen LogP contribution in [0.25, 0.3) is 0 Å². The molecule has 2 aromatic rings. The Morgan fingerprint density at radius 2 is 1.79 bits per heavy atom. The Morgan fingerprint density at radius 3 is 2.50 bits per heavy atom. The van der Waals surface area contributed by atoms with Crippen molar-refractivity contribution in [3.8, 4) is 11.5 Å². The summed E-state index contributed by atoms with van der Waals surface area (Å²) in [5.74, 6) is 1.18. The number of hydrogen-bond donors (Lipinski definition) is 1. The molecule has 150 valence electrons. The number of nitrogens with one attached hydrogen (secondary N) is 1. The highest BCUT2D eigenvalue weighted by Gasteiger charge is 2.07. The summed E-state index contributed by atoms with van der Waals surface area (Å²) >= 11 is 0. The van der Waals surface area contributed by atoms with Crippen LogP contribution in [0, 0.1) is 6.92 Å². The molecule has 0 aliphatic heterocycles. The van der Waals surface area contributed by atoms with Gasteiger partial charge < -0.3 is 9.47 Å². The van der Waals surface area contributed by atoms with Gasteiger partial charge in [-0.1, -0.05) is 43.9 Å². The average Bonchev–Trinajstić information content (AvgIpc) is 2.70. The molecule has 28 heavy (non-hydrogen) atoms. The summed E-state index contributed by atoms with van der Waals surface area (Å²) < 4.78 is 11.6. The molecule has 0 saturated heterocycles. The minimum atomic E-state index is -0.242. The molecular formula is C23H30N2O3. The molecule has 0 spiro atoms. The molecule has 0 heterocycles. The number of ether oxygens (including phenoxy) is 2. The van der Waals surface area contributed by atoms with E-state index >= 15 is 0 Å². The van der Waals surface area contributed by atoms with Crippen LogP contribution in [0.4, 0.5) is 0 Å². The topological polar surface area (TPSA) is 59.9 Å². The molecule has 0 radical (unpaired) electrons. The van der Waals surface area contributed by atoms with Crippen LogP contribution in [-0.2, 0) is 0 Å². The second-order valence-electron chi connectivity index (χ2n) is 6.61. The minimum Gasteiger partial charge on any atom is -0.490 e. The monoisotopic (exact) mass is 382 g/mol. The Balaban J connectivity index is 1.95. The highest BCUT2D eigenvalue weighted by Crippen LogP contribution is 2.28. The maximum Gasteiger partial charge on any atom is 0.271 e. The smallest absolute Gasteiger partial charge is 0.271 e. The van der Waals surface area contributed by atoms with Crippen molar-refractivity contribution < 1.29 is 14.3 Å². The van der Waals surface area contributed by atoms with E-state index in [1.165, 1.54) is 19.3 Å². The second-order valence-corrected chi connectivity index (χ2v) is 6.61. The average molecular weight is 383 g/mol. The van der Waals surface area contributed by atoms with Crippen molar-refractivity contribution in [1.29, 1.82) is 0 Å². The first-order valence-corrected chi connectivity index (χ1v) is 9.93. The van der Waals surface area contributed by atoms with E-state index in [2.05, 4.69) is 17.5 Å². The first-order valence-electron chi connectivity index (χ1n) is 9.93. The van der Waals surface area contributed by atoms with Gasteiger partial charge >= 0.3 is 0 Å². The predicted octanol–water partition coefficient (Wildman–Crippen LogP) is 5.12. The SMILES string of the molecule is CCCCCCOc1ccc(/C=N/NC(=O)c2ccc(C)cc2)cc1OCC. The lowest BCUT2D eigenvalue weighted by molar-refractivity contribution is 0.0955. The second kappa shape index (κ2) is 11.8. The lowest BCUT2D eigenvalue weighted by Gasteiger charge is -2.12. The lowest BCUT2D eigenvalue weighted by Crippen LogP contribution is -2.17. The van der Waals surface area contributed by atoms with Gasteiger partial charge in [0, 0.05) is 5.56 Å². The van der Waals surface area contributed by atoms with Crippen LogP contribution >= 0.6 is 0 Å². The molecule has 2 aromatic carbocycles. The standard InChI is InChI=1S/C23H30N2O3/c1-4-6-7-8-15-28-21-14-11-19(16-22(21)27-5-2)17-24-25-23(26)20-12-9-18(3)10-13-20/h9-14,16-17H,4-8,15H2,1-3H3,(H,25,26)/b24-17+. The number of carbonyl (C=O) groups excluding carboxylic acids is 1. The van der Waals surface area contributed by atoms with Gasteiger partial charge in [-0.2, -0.15) is 5.10 Å². The van der Waals surface area contributed by atoms with E-state index in [1.54, 1.807) is 18.3 Å². The summed E-state index contributed by atoms with van der Waals surface area (Å²) in [6.07, 6.45) is 6.24. The van der Waals surface area contributed by atoms with E-state index in [0.29, 0.717) is 24.5 Å². The number of hydrazone groups is 1. The van der Waals surface area contributed by atoms with Gasteiger partial charge in [0.05, 0.1) is 19.4 Å². The van der Waals surface area contributed by atoms with E-state index < -0.39 is 0 Å². The Bertz CT molecular complexity index is 770. The fraction of sp³-hybridized carbons (Fsp3) is 0.391. The van der Waals surface area contributed by atoms with Gasteiger partial charge in [0.25, 0.3) is 5.91 Å². The number of nitrogens with zero attached hydrogens (tertiary/aromatic N) is 1. The van der Waals surface area contributed by atoms with Gasteiger partial charge in [-0.3, -0.25) is 4.79 Å². The molecule has 0 aliphatic rings. The Labute approximate surface area is 167 Å². The molecule has 0 saturated carbocycles.